The molecule has 6 nitrogen and oxygen atoms in total. The summed E-state index contributed by atoms with van der Waals surface area (Å²) in [5.74, 6) is -0.930. The molecular formula is C22H17N3O3S. The van der Waals surface area contributed by atoms with Crippen molar-refractivity contribution < 1.29 is 14.3 Å². The van der Waals surface area contributed by atoms with Gasteiger partial charge in [-0.05, 0) is 42.8 Å². The van der Waals surface area contributed by atoms with E-state index in [1.54, 1.807) is 30.5 Å². The van der Waals surface area contributed by atoms with Gasteiger partial charge < -0.3 is 10.1 Å². The minimum Gasteiger partial charge on any atom is -0.465 e. The van der Waals surface area contributed by atoms with Crippen LogP contribution in [0.4, 0.5) is 5.69 Å². The van der Waals surface area contributed by atoms with Crippen molar-refractivity contribution in [3.05, 3.63) is 77.5 Å². The SMILES string of the molecule is COC(=O)c1ccccc1C(=O)Nc1cc(-c2nc3cccnc3s2)ccc1C. The number of benzene rings is 2. The van der Waals surface area contributed by atoms with Crippen LogP contribution in [0.2, 0.25) is 0 Å². The second-order valence-corrected chi connectivity index (χ2v) is 7.35. The van der Waals surface area contributed by atoms with E-state index in [2.05, 4.69) is 15.3 Å². The Morgan fingerprint density at radius 2 is 1.83 bits per heavy atom. The molecule has 0 saturated carbocycles. The maximum Gasteiger partial charge on any atom is 0.338 e. The van der Waals surface area contributed by atoms with E-state index in [1.165, 1.54) is 18.4 Å². The topological polar surface area (TPSA) is 81.2 Å². The van der Waals surface area contributed by atoms with Crippen molar-refractivity contribution in [3.63, 3.8) is 0 Å². The lowest BCUT2D eigenvalue weighted by atomic mass is 10.1. The van der Waals surface area contributed by atoms with Crippen molar-refractivity contribution >= 4 is 39.2 Å². The Labute approximate surface area is 171 Å². The number of pyridine rings is 1. The minimum atomic E-state index is -0.553. The first-order chi connectivity index (χ1) is 14.1. The lowest BCUT2D eigenvalue weighted by molar-refractivity contribution is 0.0597. The van der Waals surface area contributed by atoms with Crippen LogP contribution in [-0.4, -0.2) is 29.0 Å². The van der Waals surface area contributed by atoms with Gasteiger partial charge in [0.1, 0.15) is 15.4 Å². The highest BCUT2D eigenvalue weighted by Gasteiger charge is 2.18. The second-order valence-electron chi connectivity index (χ2n) is 6.37. The van der Waals surface area contributed by atoms with Gasteiger partial charge in [0.15, 0.2) is 0 Å². The summed E-state index contributed by atoms with van der Waals surface area (Å²) in [6, 6.07) is 16.1. The van der Waals surface area contributed by atoms with Crippen molar-refractivity contribution in [2.24, 2.45) is 0 Å². The number of nitrogens with zero attached hydrogens (tertiary/aromatic N) is 2. The summed E-state index contributed by atoms with van der Waals surface area (Å²) in [4.78, 5) is 34.6. The zero-order valence-electron chi connectivity index (χ0n) is 15.8. The molecule has 29 heavy (non-hydrogen) atoms. The molecular weight excluding hydrogens is 386 g/mol. The predicted molar refractivity (Wildman–Crippen MR) is 113 cm³/mol. The van der Waals surface area contributed by atoms with Crippen molar-refractivity contribution in [1.82, 2.24) is 9.97 Å². The van der Waals surface area contributed by atoms with Crippen molar-refractivity contribution in [2.75, 3.05) is 12.4 Å². The van der Waals surface area contributed by atoms with E-state index >= 15 is 0 Å². The molecule has 0 aliphatic carbocycles. The summed E-state index contributed by atoms with van der Waals surface area (Å²) in [5.41, 5.74) is 3.75. The molecule has 2 heterocycles. The Kier molecular flexibility index (Phi) is 5.05. The number of carbonyl (C=O) groups excluding carboxylic acids is 2. The Morgan fingerprint density at radius 3 is 2.59 bits per heavy atom. The number of methoxy groups -OCH3 is 1. The second kappa shape index (κ2) is 7.81. The molecule has 0 spiro atoms. The highest BCUT2D eigenvalue weighted by Crippen LogP contribution is 2.31. The fourth-order valence-electron chi connectivity index (χ4n) is 2.94. The largest absolute Gasteiger partial charge is 0.465 e. The smallest absolute Gasteiger partial charge is 0.338 e. The van der Waals surface area contributed by atoms with Gasteiger partial charge in [-0.2, -0.15) is 0 Å². The van der Waals surface area contributed by atoms with Crippen LogP contribution < -0.4 is 5.32 Å². The zero-order valence-corrected chi connectivity index (χ0v) is 16.6. The first kappa shape index (κ1) is 18.8. The zero-order chi connectivity index (χ0) is 20.4. The molecule has 0 fully saturated rings. The number of aromatic nitrogens is 2. The molecule has 144 valence electrons. The Morgan fingerprint density at radius 1 is 1.03 bits per heavy atom. The van der Waals surface area contributed by atoms with Crippen LogP contribution in [0.3, 0.4) is 0 Å². The van der Waals surface area contributed by atoms with E-state index in [4.69, 9.17) is 4.74 Å². The van der Waals surface area contributed by atoms with Crippen LogP contribution in [0, 0.1) is 6.92 Å². The van der Waals surface area contributed by atoms with Gasteiger partial charge in [-0.3, -0.25) is 4.79 Å². The molecule has 0 aliphatic rings. The Balaban J connectivity index is 1.67. The highest BCUT2D eigenvalue weighted by molar-refractivity contribution is 7.21. The Hall–Kier alpha value is -3.58. The lowest BCUT2D eigenvalue weighted by Crippen LogP contribution is -2.17. The number of hydrogen-bond donors (Lipinski definition) is 1. The van der Waals surface area contributed by atoms with Gasteiger partial charge in [-0.15, -0.1) is 0 Å². The van der Waals surface area contributed by atoms with Crippen LogP contribution in [0.1, 0.15) is 26.3 Å². The number of nitrogens with one attached hydrogen (secondary N) is 1. The standard InChI is InChI=1S/C22H17N3O3S/c1-13-9-10-14(20-25-17-8-5-11-23-21(17)29-20)12-18(13)24-19(26)15-6-3-4-7-16(15)22(27)28-2/h3-12H,1-2H3,(H,24,26). The lowest BCUT2D eigenvalue weighted by Gasteiger charge is -2.12. The van der Waals surface area contributed by atoms with Crippen molar-refractivity contribution in [2.45, 2.75) is 6.92 Å². The quantitative estimate of drug-likeness (QED) is 0.499. The third-order valence-corrected chi connectivity index (χ3v) is 5.50. The van der Waals surface area contributed by atoms with Gasteiger partial charge in [0.05, 0.1) is 18.2 Å². The monoisotopic (exact) mass is 403 g/mol. The molecule has 0 saturated heterocycles. The third-order valence-electron chi connectivity index (χ3n) is 4.48. The van der Waals surface area contributed by atoms with Gasteiger partial charge in [-0.1, -0.05) is 35.6 Å². The summed E-state index contributed by atoms with van der Waals surface area (Å²) in [6.45, 7) is 1.91. The number of aryl methyl sites for hydroxylation is 1. The van der Waals surface area contributed by atoms with E-state index in [1.807, 2.05) is 37.3 Å². The fourth-order valence-corrected chi connectivity index (χ4v) is 3.85. The molecule has 0 aliphatic heterocycles. The number of esters is 1. The maximum absolute atomic E-state index is 12.9. The van der Waals surface area contributed by atoms with Gasteiger partial charge in [0.25, 0.3) is 5.91 Å². The number of anilines is 1. The highest BCUT2D eigenvalue weighted by atomic mass is 32.1. The van der Waals surface area contributed by atoms with E-state index in [0.29, 0.717) is 5.69 Å². The summed E-state index contributed by atoms with van der Waals surface area (Å²) in [6.07, 6.45) is 1.74. The average Bonchev–Trinajstić information content (AvgIpc) is 3.19. The Bertz CT molecular complexity index is 1200. The molecule has 0 bridgehead atoms. The number of amides is 1. The summed E-state index contributed by atoms with van der Waals surface area (Å²) < 4.78 is 4.78. The first-order valence-electron chi connectivity index (χ1n) is 8.88. The molecule has 0 unspecified atom stereocenters. The van der Waals surface area contributed by atoms with Crippen LogP contribution in [0.5, 0.6) is 0 Å². The number of fused-ring (bicyclic) bond motifs is 1. The molecule has 2 aromatic heterocycles. The number of rotatable bonds is 4. The van der Waals surface area contributed by atoms with E-state index in [9.17, 15) is 9.59 Å². The number of carbonyl (C=O) groups is 2. The number of hydrogen-bond acceptors (Lipinski definition) is 6. The van der Waals surface area contributed by atoms with Crippen LogP contribution >= 0.6 is 11.3 Å². The van der Waals surface area contributed by atoms with Gasteiger partial charge in [-0.25, -0.2) is 14.8 Å². The van der Waals surface area contributed by atoms with Gasteiger partial charge >= 0.3 is 5.97 Å². The van der Waals surface area contributed by atoms with Crippen molar-refractivity contribution in [1.29, 1.82) is 0 Å². The van der Waals surface area contributed by atoms with Crippen LogP contribution in [-0.2, 0) is 4.74 Å². The molecule has 7 heteroatoms. The molecule has 4 rings (SSSR count). The summed E-state index contributed by atoms with van der Waals surface area (Å²) in [7, 11) is 1.29. The average molecular weight is 403 g/mol. The molecule has 1 amide bonds. The molecule has 4 aromatic rings. The summed E-state index contributed by atoms with van der Waals surface area (Å²) in [5, 5.41) is 3.73. The molecule has 0 atom stereocenters. The maximum atomic E-state index is 12.9. The normalized spacial score (nSPS) is 10.7. The fraction of sp³-hybridized carbons (Fsp3) is 0.0909. The van der Waals surface area contributed by atoms with Gasteiger partial charge in [0.2, 0.25) is 0 Å². The van der Waals surface area contributed by atoms with E-state index < -0.39 is 5.97 Å². The van der Waals surface area contributed by atoms with Crippen molar-refractivity contribution in [3.8, 4) is 10.6 Å². The predicted octanol–water partition coefficient (Wildman–Crippen LogP) is 4.71. The number of thiazole rings is 1. The molecule has 0 radical (unpaired) electrons. The van der Waals surface area contributed by atoms with E-state index in [-0.39, 0.29) is 17.0 Å². The van der Waals surface area contributed by atoms with E-state index in [0.717, 1.165) is 26.5 Å². The van der Waals surface area contributed by atoms with Crippen LogP contribution in [0.15, 0.2) is 60.8 Å². The first-order valence-corrected chi connectivity index (χ1v) is 9.70. The number of ether oxygens (including phenoxy) is 1. The molecule has 1 N–H and O–H groups in total. The molecule has 2 aromatic carbocycles. The van der Waals surface area contributed by atoms with Gasteiger partial charge in [0, 0.05) is 17.4 Å². The summed E-state index contributed by atoms with van der Waals surface area (Å²) >= 11 is 1.49. The third kappa shape index (κ3) is 3.72. The van der Waals surface area contributed by atoms with Crippen LogP contribution in [0.25, 0.3) is 20.9 Å². The minimum absolute atomic E-state index is 0.221.